The summed E-state index contributed by atoms with van der Waals surface area (Å²) in [6.07, 6.45) is 0. The van der Waals surface area contributed by atoms with Crippen molar-refractivity contribution < 1.29 is 0 Å². The van der Waals surface area contributed by atoms with Crippen LogP contribution in [0.15, 0.2) is 267 Å². The molecule has 0 saturated heterocycles. The molecule has 3 heteroatoms. The van der Waals surface area contributed by atoms with E-state index in [-0.39, 0.29) is 5.41 Å². The Morgan fingerprint density at radius 2 is 0.848 bits per heavy atom. The zero-order valence-electron chi connectivity index (χ0n) is 43.7. The number of anilines is 3. The SMILES string of the molecule is CC1(C)c2ccccc2-c2ccc(N(c3ccc(-c4ccc5c(c4)C4(c6ccccc6-c6ccccc64)c4ccccc4-5)cc3)c3cccc4sc5ccc(-c6ccc7c(c6)c6ccccc6n7-c6ccccc6)cc5c34)cc21. The van der Waals surface area contributed by atoms with Gasteiger partial charge < -0.3 is 9.47 Å². The van der Waals surface area contributed by atoms with Crippen LogP contribution in [0.1, 0.15) is 47.2 Å². The summed E-state index contributed by atoms with van der Waals surface area (Å²) in [5, 5.41) is 5.03. The number of para-hydroxylation sites is 2. The van der Waals surface area contributed by atoms with E-state index in [0.29, 0.717) is 0 Å². The van der Waals surface area contributed by atoms with Crippen LogP contribution in [0.3, 0.4) is 0 Å². The van der Waals surface area contributed by atoms with E-state index in [1.807, 2.05) is 11.3 Å². The highest BCUT2D eigenvalue weighted by atomic mass is 32.1. The Hall–Kier alpha value is -9.54. The molecule has 0 fully saturated rings. The molecular weight excluding hydrogens is 973 g/mol. The minimum absolute atomic E-state index is 0.160. The van der Waals surface area contributed by atoms with Gasteiger partial charge in [-0.1, -0.05) is 196 Å². The first-order chi connectivity index (χ1) is 38.9. The van der Waals surface area contributed by atoms with Crippen molar-refractivity contribution in [2.75, 3.05) is 4.90 Å². The zero-order chi connectivity index (χ0) is 52.1. The molecule has 14 aromatic rings. The van der Waals surface area contributed by atoms with E-state index in [0.717, 1.165) is 11.4 Å². The van der Waals surface area contributed by atoms with E-state index in [1.54, 1.807) is 0 Å². The highest BCUT2D eigenvalue weighted by Crippen LogP contribution is 2.63. The van der Waals surface area contributed by atoms with E-state index in [1.165, 1.54) is 142 Å². The number of benzene rings is 12. The summed E-state index contributed by atoms with van der Waals surface area (Å²) in [6.45, 7) is 4.77. The summed E-state index contributed by atoms with van der Waals surface area (Å²) in [4.78, 5) is 2.52. The fourth-order valence-electron chi connectivity index (χ4n) is 14.5. The maximum atomic E-state index is 2.52. The summed E-state index contributed by atoms with van der Waals surface area (Å²) >= 11 is 1.88. The fourth-order valence-corrected chi connectivity index (χ4v) is 15.6. The molecule has 2 heterocycles. The van der Waals surface area contributed by atoms with Gasteiger partial charge >= 0.3 is 0 Å². The van der Waals surface area contributed by atoms with Gasteiger partial charge in [0.1, 0.15) is 0 Å². The Labute approximate surface area is 463 Å². The smallest absolute Gasteiger partial charge is 0.0725 e. The Balaban J connectivity index is 0.827. The van der Waals surface area contributed by atoms with Crippen LogP contribution in [0.2, 0.25) is 0 Å². The molecule has 79 heavy (non-hydrogen) atoms. The maximum absolute atomic E-state index is 2.52. The van der Waals surface area contributed by atoms with Crippen molar-refractivity contribution in [3.05, 3.63) is 300 Å². The van der Waals surface area contributed by atoms with Gasteiger partial charge in [0, 0.05) is 53.4 Å². The molecule has 12 aromatic carbocycles. The zero-order valence-corrected chi connectivity index (χ0v) is 44.5. The first kappa shape index (κ1) is 44.6. The van der Waals surface area contributed by atoms with Crippen molar-refractivity contribution in [3.63, 3.8) is 0 Å². The van der Waals surface area contributed by atoms with Crippen LogP contribution in [-0.4, -0.2) is 4.57 Å². The van der Waals surface area contributed by atoms with Gasteiger partial charge in [-0.25, -0.2) is 0 Å². The first-order valence-corrected chi connectivity index (χ1v) is 28.4. The maximum Gasteiger partial charge on any atom is 0.0725 e. The second-order valence-corrected chi connectivity index (χ2v) is 23.4. The standard InChI is InChI=1S/C76H50N2S/c1-75(2)63-24-11-6-19-54(63)58-40-38-53(46-67(58)75)77(52-36-31-47(32-37-52)50-33-39-59-57-22-9-14-27-66(57)76(68(59)45-50)64-25-12-7-20-55(64)56-21-8-13-26-65(56)76)71-29-16-30-73-74(71)62-44-49(35-42-72(62)79-73)48-34-41-70-61(43-48)60-23-10-15-28-69(60)78(70)51-17-4-3-5-18-51/h3-46H,1-2H3. The van der Waals surface area contributed by atoms with Gasteiger partial charge in [-0.2, -0.15) is 0 Å². The van der Waals surface area contributed by atoms with E-state index >= 15 is 0 Å². The molecule has 1 spiro atoms. The third kappa shape index (κ3) is 6.17. The van der Waals surface area contributed by atoms with Gasteiger partial charge in [-0.05, 0) is 174 Å². The molecule has 0 saturated carbocycles. The summed E-state index contributed by atoms with van der Waals surface area (Å²) in [7, 11) is 0. The molecule has 0 atom stereocenters. The lowest BCUT2D eigenvalue weighted by atomic mass is 9.70. The van der Waals surface area contributed by atoms with Crippen molar-refractivity contribution in [1.82, 2.24) is 4.57 Å². The molecule has 2 aromatic heterocycles. The Kier molecular flexibility index (Phi) is 9.30. The lowest BCUT2D eigenvalue weighted by molar-refractivity contribution is 0.660. The van der Waals surface area contributed by atoms with Crippen LogP contribution >= 0.6 is 11.3 Å². The van der Waals surface area contributed by atoms with Crippen molar-refractivity contribution >= 4 is 70.4 Å². The topological polar surface area (TPSA) is 8.17 Å². The molecule has 0 radical (unpaired) electrons. The summed E-state index contributed by atoms with van der Waals surface area (Å²) in [6, 6.07) is 101. The first-order valence-electron chi connectivity index (χ1n) is 27.6. The number of nitrogens with zero attached hydrogens (tertiary/aromatic N) is 2. The fraction of sp³-hybridized carbons (Fsp3) is 0.0526. The number of hydrogen-bond acceptors (Lipinski definition) is 2. The minimum Gasteiger partial charge on any atom is -0.310 e. The number of aromatic nitrogens is 1. The minimum atomic E-state index is -0.399. The third-order valence-corrected chi connectivity index (χ3v) is 19.2. The quantitative estimate of drug-likeness (QED) is 0.161. The van der Waals surface area contributed by atoms with Gasteiger partial charge in [-0.15, -0.1) is 11.3 Å². The van der Waals surface area contributed by atoms with E-state index in [2.05, 4.69) is 290 Å². The molecule has 0 amide bonds. The van der Waals surface area contributed by atoms with E-state index < -0.39 is 5.41 Å². The Morgan fingerprint density at radius 1 is 0.329 bits per heavy atom. The molecule has 3 aliphatic rings. The highest BCUT2D eigenvalue weighted by Gasteiger charge is 2.51. The number of thiophene rings is 1. The normalized spacial score (nSPS) is 13.9. The highest BCUT2D eigenvalue weighted by molar-refractivity contribution is 7.26. The van der Waals surface area contributed by atoms with Gasteiger partial charge in [0.2, 0.25) is 0 Å². The molecule has 2 nitrogen and oxygen atoms in total. The van der Waals surface area contributed by atoms with E-state index in [9.17, 15) is 0 Å². The number of fused-ring (bicyclic) bond motifs is 19. The number of hydrogen-bond donors (Lipinski definition) is 0. The van der Waals surface area contributed by atoms with Crippen LogP contribution in [0.4, 0.5) is 17.1 Å². The molecule has 17 rings (SSSR count). The van der Waals surface area contributed by atoms with Gasteiger partial charge in [0.05, 0.1) is 22.1 Å². The van der Waals surface area contributed by atoms with Crippen LogP contribution in [0.25, 0.3) is 103 Å². The second-order valence-electron chi connectivity index (χ2n) is 22.3. The van der Waals surface area contributed by atoms with Crippen molar-refractivity contribution in [2.24, 2.45) is 0 Å². The molecule has 0 bridgehead atoms. The van der Waals surface area contributed by atoms with Crippen molar-refractivity contribution in [3.8, 4) is 61.3 Å². The molecule has 3 aliphatic carbocycles. The lowest BCUT2D eigenvalue weighted by Crippen LogP contribution is -2.25. The Bertz CT molecular complexity index is 4810. The van der Waals surface area contributed by atoms with Crippen LogP contribution in [0, 0.1) is 0 Å². The van der Waals surface area contributed by atoms with Gasteiger partial charge in [-0.3, -0.25) is 0 Å². The van der Waals surface area contributed by atoms with Crippen molar-refractivity contribution in [1.29, 1.82) is 0 Å². The van der Waals surface area contributed by atoms with Crippen molar-refractivity contribution in [2.45, 2.75) is 24.7 Å². The molecule has 370 valence electrons. The molecule has 0 unspecified atom stereocenters. The third-order valence-electron chi connectivity index (χ3n) is 18.0. The monoisotopic (exact) mass is 1020 g/mol. The summed E-state index contributed by atoms with van der Waals surface area (Å²) in [5.74, 6) is 0. The largest absolute Gasteiger partial charge is 0.310 e. The second kappa shape index (κ2) is 16.5. The average molecular weight is 1020 g/mol. The summed E-state index contributed by atoms with van der Waals surface area (Å²) in [5.41, 5.74) is 27.4. The van der Waals surface area contributed by atoms with Gasteiger partial charge in [0.15, 0.2) is 0 Å². The van der Waals surface area contributed by atoms with Gasteiger partial charge in [0.25, 0.3) is 0 Å². The lowest BCUT2D eigenvalue weighted by Gasteiger charge is -2.30. The average Bonchev–Trinajstić information content (AvgIpc) is 3.80. The van der Waals surface area contributed by atoms with E-state index in [4.69, 9.17) is 0 Å². The van der Waals surface area contributed by atoms with Crippen LogP contribution < -0.4 is 4.90 Å². The van der Waals surface area contributed by atoms with Crippen LogP contribution in [0.5, 0.6) is 0 Å². The number of rotatable bonds is 6. The predicted molar refractivity (Wildman–Crippen MR) is 333 cm³/mol. The van der Waals surface area contributed by atoms with Crippen LogP contribution in [-0.2, 0) is 10.8 Å². The predicted octanol–water partition coefficient (Wildman–Crippen LogP) is 20.6. The molecule has 0 aliphatic heterocycles. The molecule has 0 N–H and O–H groups in total. The Morgan fingerprint density at radius 3 is 1.57 bits per heavy atom. The summed E-state index contributed by atoms with van der Waals surface area (Å²) < 4.78 is 4.94. The molecular formula is C76H50N2S.